The van der Waals surface area contributed by atoms with Crippen LogP contribution in [0.4, 0.5) is 11.4 Å². The highest BCUT2D eigenvalue weighted by Crippen LogP contribution is 2.21. The van der Waals surface area contributed by atoms with Crippen LogP contribution < -0.4 is 4.90 Å². The summed E-state index contributed by atoms with van der Waals surface area (Å²) in [7, 11) is 0. The summed E-state index contributed by atoms with van der Waals surface area (Å²) in [5.74, 6) is 0.156. The molecule has 0 aliphatic heterocycles. The third-order valence-corrected chi connectivity index (χ3v) is 4.44. The number of hydrogen-bond acceptors (Lipinski definition) is 6. The zero-order valence-electron chi connectivity index (χ0n) is 16.6. The maximum atomic E-state index is 13.0. The van der Waals surface area contributed by atoms with E-state index < -0.39 is 4.92 Å². The Morgan fingerprint density at radius 1 is 1.20 bits per heavy atom. The molecule has 1 aromatic heterocycles. The number of aromatic nitrogens is 3. The van der Waals surface area contributed by atoms with Crippen LogP contribution in [0.15, 0.2) is 48.8 Å². The van der Waals surface area contributed by atoms with E-state index >= 15 is 0 Å². The van der Waals surface area contributed by atoms with Crippen LogP contribution in [0.3, 0.4) is 0 Å². The van der Waals surface area contributed by atoms with Gasteiger partial charge in [0.05, 0.1) is 17.4 Å². The van der Waals surface area contributed by atoms with Crippen molar-refractivity contribution in [1.29, 1.82) is 5.26 Å². The Labute approximate surface area is 173 Å². The smallest absolute Gasteiger partial charge is 0.269 e. The highest BCUT2D eigenvalue weighted by Gasteiger charge is 2.18. The molecule has 1 heterocycles. The molecule has 1 amide bonds. The molecule has 3 rings (SSSR count). The van der Waals surface area contributed by atoms with Crippen LogP contribution in [0, 0.1) is 35.3 Å². The van der Waals surface area contributed by atoms with Gasteiger partial charge in [-0.1, -0.05) is 6.07 Å². The monoisotopic (exact) mass is 404 g/mol. The lowest BCUT2D eigenvalue weighted by molar-refractivity contribution is -0.384. The normalized spacial score (nSPS) is 10.4. The summed E-state index contributed by atoms with van der Waals surface area (Å²) >= 11 is 0. The van der Waals surface area contributed by atoms with Crippen LogP contribution in [0.1, 0.15) is 17.5 Å². The van der Waals surface area contributed by atoms with Crippen LogP contribution >= 0.6 is 0 Å². The first kappa shape index (κ1) is 20.7. The number of aryl methyl sites for hydroxylation is 2. The van der Waals surface area contributed by atoms with E-state index in [4.69, 9.17) is 5.26 Å². The number of benzene rings is 2. The third-order valence-electron chi connectivity index (χ3n) is 4.44. The highest BCUT2D eigenvalue weighted by molar-refractivity contribution is 5.93. The van der Waals surface area contributed by atoms with E-state index in [0.717, 1.165) is 16.8 Å². The molecule has 0 saturated carbocycles. The van der Waals surface area contributed by atoms with Gasteiger partial charge >= 0.3 is 0 Å². The first-order valence-electron chi connectivity index (χ1n) is 9.27. The van der Waals surface area contributed by atoms with Gasteiger partial charge in [-0.15, -0.1) is 0 Å². The van der Waals surface area contributed by atoms with E-state index in [1.807, 2.05) is 32.0 Å². The predicted molar refractivity (Wildman–Crippen MR) is 111 cm³/mol. The molecule has 3 aromatic rings. The van der Waals surface area contributed by atoms with Crippen molar-refractivity contribution in [3.8, 4) is 17.5 Å². The van der Waals surface area contributed by atoms with Crippen molar-refractivity contribution in [1.82, 2.24) is 14.8 Å². The molecule has 0 unspecified atom stereocenters. The van der Waals surface area contributed by atoms with Gasteiger partial charge in [-0.2, -0.15) is 10.4 Å². The summed E-state index contributed by atoms with van der Waals surface area (Å²) in [5.41, 5.74) is 3.39. The Balaban J connectivity index is 1.79. The second kappa shape index (κ2) is 8.96. The van der Waals surface area contributed by atoms with E-state index in [-0.39, 0.29) is 31.1 Å². The van der Waals surface area contributed by atoms with Crippen molar-refractivity contribution in [2.75, 3.05) is 11.4 Å². The number of rotatable bonds is 7. The van der Waals surface area contributed by atoms with Gasteiger partial charge in [0.15, 0.2) is 5.82 Å². The topological polar surface area (TPSA) is 118 Å². The van der Waals surface area contributed by atoms with E-state index in [2.05, 4.69) is 16.2 Å². The summed E-state index contributed by atoms with van der Waals surface area (Å²) in [6, 6.07) is 13.8. The average Bonchev–Trinajstić information content (AvgIpc) is 3.16. The number of nitrogens with zero attached hydrogens (tertiary/aromatic N) is 6. The molecule has 0 aliphatic rings. The molecule has 9 nitrogen and oxygen atoms in total. The van der Waals surface area contributed by atoms with Gasteiger partial charge in [0.1, 0.15) is 12.9 Å². The van der Waals surface area contributed by atoms with Gasteiger partial charge < -0.3 is 4.90 Å². The first-order valence-corrected chi connectivity index (χ1v) is 9.27. The maximum Gasteiger partial charge on any atom is 0.269 e. The lowest BCUT2D eigenvalue weighted by Crippen LogP contribution is -2.35. The zero-order chi connectivity index (χ0) is 21.7. The third kappa shape index (κ3) is 4.86. The minimum atomic E-state index is -0.475. The Morgan fingerprint density at radius 3 is 2.47 bits per heavy atom. The molecule has 0 N–H and O–H groups in total. The van der Waals surface area contributed by atoms with Crippen molar-refractivity contribution in [2.45, 2.75) is 26.8 Å². The van der Waals surface area contributed by atoms with Gasteiger partial charge in [0, 0.05) is 29.9 Å². The number of nitriles is 1. The molecule has 9 heteroatoms. The molecule has 152 valence electrons. The standard InChI is InChI=1S/C21H20N6O3/c1-15-10-16(2)12-19(11-15)26(9-3-8-22)20(28)13-25-14-23-21(24-25)17-4-6-18(7-5-17)27(29)30/h4-7,10-12,14H,3,9,13H2,1-2H3. The fourth-order valence-electron chi connectivity index (χ4n) is 3.13. The quantitative estimate of drug-likeness (QED) is 0.440. The molecular formula is C21H20N6O3. The fraction of sp³-hybridized carbons (Fsp3) is 0.238. The van der Waals surface area contributed by atoms with Crippen molar-refractivity contribution in [3.05, 3.63) is 70.0 Å². The summed E-state index contributed by atoms with van der Waals surface area (Å²) in [4.78, 5) is 29.0. The fourth-order valence-corrected chi connectivity index (χ4v) is 3.13. The number of anilines is 1. The second-order valence-corrected chi connectivity index (χ2v) is 6.87. The van der Waals surface area contributed by atoms with Crippen LogP contribution in [0.2, 0.25) is 0 Å². The summed E-state index contributed by atoms with van der Waals surface area (Å²) in [6.45, 7) is 4.15. The Morgan fingerprint density at radius 2 is 1.87 bits per heavy atom. The summed E-state index contributed by atoms with van der Waals surface area (Å²) in [6.07, 6.45) is 1.66. The van der Waals surface area contributed by atoms with Gasteiger partial charge in [0.2, 0.25) is 5.91 Å². The number of nitro groups is 1. The van der Waals surface area contributed by atoms with E-state index in [1.165, 1.54) is 23.1 Å². The van der Waals surface area contributed by atoms with Gasteiger partial charge in [-0.3, -0.25) is 14.9 Å². The molecule has 30 heavy (non-hydrogen) atoms. The number of nitro benzene ring substituents is 1. The number of carbonyl (C=O) groups excluding carboxylic acids is 1. The average molecular weight is 404 g/mol. The minimum absolute atomic E-state index is 0.0186. The van der Waals surface area contributed by atoms with Crippen molar-refractivity contribution in [3.63, 3.8) is 0 Å². The van der Waals surface area contributed by atoms with Crippen LogP contribution in [-0.2, 0) is 11.3 Å². The Bertz CT molecular complexity index is 1090. The lowest BCUT2D eigenvalue weighted by Gasteiger charge is -2.22. The molecule has 0 aliphatic carbocycles. The van der Waals surface area contributed by atoms with Gasteiger partial charge in [-0.05, 0) is 49.2 Å². The second-order valence-electron chi connectivity index (χ2n) is 6.87. The molecule has 0 spiro atoms. The number of amides is 1. The van der Waals surface area contributed by atoms with E-state index in [1.54, 1.807) is 17.0 Å². The molecular weight excluding hydrogens is 384 g/mol. The van der Waals surface area contributed by atoms with Crippen LogP contribution in [-0.4, -0.2) is 32.1 Å². The maximum absolute atomic E-state index is 13.0. The van der Waals surface area contributed by atoms with Crippen LogP contribution in [0.5, 0.6) is 0 Å². The van der Waals surface area contributed by atoms with Crippen molar-refractivity contribution in [2.24, 2.45) is 0 Å². The molecule has 0 bridgehead atoms. The Hall–Kier alpha value is -4.06. The molecule has 0 fully saturated rings. The predicted octanol–water partition coefficient (Wildman–Crippen LogP) is 3.42. The highest BCUT2D eigenvalue weighted by atomic mass is 16.6. The van der Waals surface area contributed by atoms with Crippen LogP contribution in [0.25, 0.3) is 11.4 Å². The minimum Gasteiger partial charge on any atom is -0.310 e. The van der Waals surface area contributed by atoms with E-state index in [0.29, 0.717) is 11.4 Å². The molecule has 0 radical (unpaired) electrons. The SMILES string of the molecule is Cc1cc(C)cc(N(CCC#N)C(=O)Cn2cnc(-c3ccc([N+](=O)[O-])cc3)n2)c1. The first-order chi connectivity index (χ1) is 14.4. The zero-order valence-corrected chi connectivity index (χ0v) is 16.6. The van der Waals surface area contributed by atoms with Gasteiger partial charge in [0.25, 0.3) is 5.69 Å². The number of non-ortho nitro benzene ring substituents is 1. The summed E-state index contributed by atoms with van der Waals surface area (Å²) < 4.78 is 1.42. The lowest BCUT2D eigenvalue weighted by atomic mass is 10.1. The molecule has 0 saturated heterocycles. The summed E-state index contributed by atoms with van der Waals surface area (Å²) in [5, 5.41) is 24.1. The molecule has 2 aromatic carbocycles. The van der Waals surface area contributed by atoms with Gasteiger partial charge in [-0.25, -0.2) is 9.67 Å². The Kier molecular flexibility index (Phi) is 6.17. The van der Waals surface area contributed by atoms with Crippen molar-refractivity contribution >= 4 is 17.3 Å². The van der Waals surface area contributed by atoms with Crippen molar-refractivity contribution < 1.29 is 9.72 Å². The number of carbonyl (C=O) groups is 1. The van der Waals surface area contributed by atoms with E-state index in [9.17, 15) is 14.9 Å². The largest absolute Gasteiger partial charge is 0.310 e. The number of hydrogen-bond donors (Lipinski definition) is 0. The molecule has 0 atom stereocenters.